The van der Waals surface area contributed by atoms with Gasteiger partial charge >= 0.3 is 6.18 Å². The van der Waals surface area contributed by atoms with Gasteiger partial charge in [-0.1, -0.05) is 19.8 Å². The van der Waals surface area contributed by atoms with E-state index in [0.29, 0.717) is 5.92 Å². The molecule has 1 heterocycles. The summed E-state index contributed by atoms with van der Waals surface area (Å²) in [6.07, 6.45) is -0.300. The van der Waals surface area contributed by atoms with Crippen LogP contribution in [0, 0.1) is 5.92 Å². The minimum absolute atomic E-state index is 0.130. The van der Waals surface area contributed by atoms with Gasteiger partial charge in [-0.05, 0) is 18.8 Å². The summed E-state index contributed by atoms with van der Waals surface area (Å²) in [5.74, 6) is 5.43. The van der Waals surface area contributed by atoms with Crippen LogP contribution in [-0.4, -0.2) is 16.0 Å². The number of nitrogens with one attached hydrogen (secondary N) is 2. The maximum atomic E-state index is 12.8. The standard InChI is InChI=1S/C12H18F3N5/c1-7-4-2-3-5-8(7)17-10-6-9(12(13,14)15)18-11(19-10)20-16/h6-8H,2-5,16H2,1H3,(H2,17,18,19,20). The van der Waals surface area contributed by atoms with Crippen molar-refractivity contribution < 1.29 is 13.2 Å². The molecule has 2 rings (SSSR count). The van der Waals surface area contributed by atoms with Crippen molar-refractivity contribution >= 4 is 11.8 Å². The molecule has 8 heteroatoms. The average molecular weight is 289 g/mol. The molecule has 1 aromatic rings. The number of halogens is 3. The summed E-state index contributed by atoms with van der Waals surface area (Å²) in [5.41, 5.74) is 1.06. The van der Waals surface area contributed by atoms with Gasteiger partial charge in [0, 0.05) is 12.1 Å². The number of nitrogens with zero attached hydrogens (tertiary/aromatic N) is 2. The van der Waals surface area contributed by atoms with Gasteiger partial charge in [0.1, 0.15) is 5.82 Å². The third kappa shape index (κ3) is 3.50. The Kier molecular flexibility index (Phi) is 4.32. The van der Waals surface area contributed by atoms with Crippen LogP contribution in [0.3, 0.4) is 0 Å². The van der Waals surface area contributed by atoms with E-state index in [4.69, 9.17) is 5.84 Å². The number of rotatable bonds is 3. The average Bonchev–Trinajstić information content (AvgIpc) is 2.40. The van der Waals surface area contributed by atoms with E-state index in [0.717, 1.165) is 31.7 Å². The van der Waals surface area contributed by atoms with Gasteiger partial charge in [0.15, 0.2) is 5.69 Å². The highest BCUT2D eigenvalue weighted by Gasteiger charge is 2.34. The molecule has 0 bridgehead atoms. The number of anilines is 2. The number of nitrogen functional groups attached to an aromatic ring is 1. The van der Waals surface area contributed by atoms with E-state index in [1.807, 2.05) is 0 Å². The van der Waals surface area contributed by atoms with Crippen LogP contribution in [0.1, 0.15) is 38.3 Å². The molecule has 0 amide bonds. The van der Waals surface area contributed by atoms with Crippen molar-refractivity contribution in [2.75, 3.05) is 10.7 Å². The fourth-order valence-electron chi connectivity index (χ4n) is 2.45. The SMILES string of the molecule is CC1CCCCC1Nc1cc(C(F)(F)F)nc(NN)n1. The third-order valence-electron chi connectivity index (χ3n) is 3.59. The van der Waals surface area contributed by atoms with E-state index >= 15 is 0 Å². The molecule has 0 radical (unpaired) electrons. The lowest BCUT2D eigenvalue weighted by molar-refractivity contribution is -0.141. The summed E-state index contributed by atoms with van der Waals surface area (Å²) in [4.78, 5) is 7.26. The second kappa shape index (κ2) is 5.82. The largest absolute Gasteiger partial charge is 0.433 e. The highest BCUT2D eigenvalue weighted by molar-refractivity contribution is 5.43. The second-order valence-electron chi connectivity index (χ2n) is 5.12. The molecule has 1 saturated carbocycles. The van der Waals surface area contributed by atoms with Crippen LogP contribution in [0.5, 0.6) is 0 Å². The maximum absolute atomic E-state index is 12.8. The van der Waals surface area contributed by atoms with E-state index in [1.165, 1.54) is 0 Å². The van der Waals surface area contributed by atoms with Crippen molar-refractivity contribution in [1.82, 2.24) is 9.97 Å². The molecule has 2 unspecified atom stereocenters. The molecule has 4 N–H and O–H groups in total. The molecular weight excluding hydrogens is 271 g/mol. The van der Waals surface area contributed by atoms with Crippen LogP contribution in [0.25, 0.3) is 0 Å². The van der Waals surface area contributed by atoms with E-state index < -0.39 is 11.9 Å². The van der Waals surface area contributed by atoms with Crippen molar-refractivity contribution in [3.8, 4) is 0 Å². The molecule has 0 aliphatic heterocycles. The Hall–Kier alpha value is -1.57. The predicted molar refractivity (Wildman–Crippen MR) is 69.9 cm³/mol. The summed E-state index contributed by atoms with van der Waals surface area (Å²) in [5, 5.41) is 3.07. The summed E-state index contributed by atoms with van der Waals surface area (Å²) in [6, 6.07) is 1.05. The first kappa shape index (κ1) is 14.8. The molecular formula is C12H18F3N5. The Morgan fingerprint density at radius 1 is 1.25 bits per heavy atom. The number of hydrogen-bond donors (Lipinski definition) is 3. The number of nitrogens with two attached hydrogens (primary N) is 1. The van der Waals surface area contributed by atoms with Crippen molar-refractivity contribution in [3.63, 3.8) is 0 Å². The quantitative estimate of drug-likeness (QED) is 0.589. The second-order valence-corrected chi connectivity index (χ2v) is 5.12. The van der Waals surface area contributed by atoms with E-state index in [2.05, 4.69) is 27.6 Å². The first-order chi connectivity index (χ1) is 9.40. The van der Waals surface area contributed by atoms with Crippen LogP contribution in [0.2, 0.25) is 0 Å². The third-order valence-corrected chi connectivity index (χ3v) is 3.59. The van der Waals surface area contributed by atoms with Crippen LogP contribution in [-0.2, 0) is 6.18 Å². The maximum Gasteiger partial charge on any atom is 0.433 e. The van der Waals surface area contributed by atoms with Gasteiger partial charge in [0.05, 0.1) is 0 Å². The van der Waals surface area contributed by atoms with Crippen LogP contribution in [0.15, 0.2) is 6.07 Å². The molecule has 0 saturated heterocycles. The molecule has 112 valence electrons. The Labute approximate surface area is 115 Å². The highest BCUT2D eigenvalue weighted by Crippen LogP contribution is 2.31. The van der Waals surface area contributed by atoms with Crippen LogP contribution >= 0.6 is 0 Å². The number of aromatic nitrogens is 2. The molecule has 1 fully saturated rings. The molecule has 2 atom stereocenters. The van der Waals surface area contributed by atoms with Crippen molar-refractivity contribution in [2.45, 2.75) is 44.8 Å². The van der Waals surface area contributed by atoms with Gasteiger partial charge < -0.3 is 5.32 Å². The summed E-state index contributed by atoms with van der Waals surface area (Å²) >= 11 is 0. The highest BCUT2D eigenvalue weighted by atomic mass is 19.4. The molecule has 0 spiro atoms. The topological polar surface area (TPSA) is 75.9 Å². The smallest absolute Gasteiger partial charge is 0.367 e. The van der Waals surface area contributed by atoms with Gasteiger partial charge in [0.25, 0.3) is 0 Å². The molecule has 1 aliphatic rings. The monoisotopic (exact) mass is 289 g/mol. The summed E-state index contributed by atoms with van der Waals surface area (Å²) < 4.78 is 38.3. The first-order valence-corrected chi connectivity index (χ1v) is 6.59. The number of hydrogen-bond acceptors (Lipinski definition) is 5. The fourth-order valence-corrected chi connectivity index (χ4v) is 2.45. The zero-order valence-corrected chi connectivity index (χ0v) is 11.2. The van der Waals surface area contributed by atoms with Gasteiger partial charge in [-0.25, -0.2) is 10.8 Å². The van der Waals surface area contributed by atoms with Gasteiger partial charge in [-0.15, -0.1) is 0 Å². The summed E-state index contributed by atoms with van der Waals surface area (Å²) in [6.45, 7) is 2.09. The van der Waals surface area contributed by atoms with Crippen molar-refractivity contribution in [3.05, 3.63) is 11.8 Å². The lowest BCUT2D eigenvalue weighted by atomic mass is 9.86. The minimum atomic E-state index is -4.52. The zero-order chi connectivity index (χ0) is 14.8. The van der Waals surface area contributed by atoms with Crippen LogP contribution in [0.4, 0.5) is 24.9 Å². The lowest BCUT2D eigenvalue weighted by Crippen LogP contribution is -2.31. The Balaban J connectivity index is 2.22. The Morgan fingerprint density at radius 2 is 1.95 bits per heavy atom. The number of hydrazine groups is 1. The summed E-state index contributed by atoms with van der Waals surface area (Å²) in [7, 11) is 0. The van der Waals surface area contributed by atoms with Gasteiger partial charge in [-0.2, -0.15) is 18.2 Å². The van der Waals surface area contributed by atoms with E-state index in [-0.39, 0.29) is 17.8 Å². The van der Waals surface area contributed by atoms with Gasteiger partial charge in [0.2, 0.25) is 5.95 Å². The Bertz CT molecular complexity index is 463. The van der Waals surface area contributed by atoms with Gasteiger partial charge in [-0.3, -0.25) is 5.43 Å². The molecule has 5 nitrogen and oxygen atoms in total. The lowest BCUT2D eigenvalue weighted by Gasteiger charge is -2.30. The van der Waals surface area contributed by atoms with Crippen molar-refractivity contribution in [2.24, 2.45) is 11.8 Å². The molecule has 1 aliphatic carbocycles. The zero-order valence-electron chi connectivity index (χ0n) is 11.2. The van der Waals surface area contributed by atoms with Crippen molar-refractivity contribution in [1.29, 1.82) is 0 Å². The molecule has 20 heavy (non-hydrogen) atoms. The molecule has 0 aromatic carbocycles. The fraction of sp³-hybridized carbons (Fsp3) is 0.667. The number of alkyl halides is 3. The minimum Gasteiger partial charge on any atom is -0.367 e. The molecule has 1 aromatic heterocycles. The van der Waals surface area contributed by atoms with E-state index in [9.17, 15) is 13.2 Å². The van der Waals surface area contributed by atoms with E-state index in [1.54, 1.807) is 0 Å². The Morgan fingerprint density at radius 3 is 2.55 bits per heavy atom. The van der Waals surface area contributed by atoms with Crippen LogP contribution < -0.4 is 16.6 Å². The first-order valence-electron chi connectivity index (χ1n) is 6.59. The predicted octanol–water partition coefficient (Wildman–Crippen LogP) is 2.77. The normalized spacial score (nSPS) is 23.4.